The Kier molecular flexibility index (Phi) is 23.5. The molecule has 0 fully saturated rings. The maximum Gasteiger partial charge on any atom is 1.00 e. The number of hydrogen-bond donors (Lipinski definition) is 3. The van der Waals surface area contributed by atoms with E-state index < -0.39 is 105 Å². The molecule has 33 heteroatoms. The van der Waals surface area contributed by atoms with Crippen molar-refractivity contribution in [3.63, 3.8) is 0 Å². The van der Waals surface area contributed by atoms with E-state index in [1.165, 1.54) is 12.1 Å². The molecule has 0 saturated heterocycles. The van der Waals surface area contributed by atoms with E-state index in [2.05, 4.69) is 45.7 Å². The fraction of sp³-hybridized carbons (Fsp3) is 0.154. The Hall–Kier alpha value is -1.69. The Balaban J connectivity index is 0.00000841. The fourth-order valence-electron chi connectivity index (χ4n) is 4.08. The van der Waals surface area contributed by atoms with E-state index >= 15 is 0 Å². The average Bonchev–Trinajstić information content (AvgIpc) is 3.05. The van der Waals surface area contributed by atoms with Gasteiger partial charge in [0.05, 0.1) is 65.4 Å². The van der Waals surface area contributed by atoms with Crippen LogP contribution in [-0.4, -0.2) is 97.5 Å². The number of aliphatic imine (C=N–C) groups is 1. The molecule has 294 valence electrons. The first-order valence-electron chi connectivity index (χ1n) is 14.4. The second-order valence-electron chi connectivity index (χ2n) is 10.5. The largest absolute Gasteiger partial charge is 1.00 e. The van der Waals surface area contributed by atoms with Gasteiger partial charge in [0, 0.05) is 13.1 Å². The third-order valence-corrected chi connectivity index (χ3v) is 9.56. The van der Waals surface area contributed by atoms with E-state index in [1.807, 2.05) is 0 Å². The predicted octanol–water partition coefficient (Wildman–Crippen LogP) is -11.0. The summed E-state index contributed by atoms with van der Waals surface area (Å²) in [5, 5.41) is 29.4. The van der Waals surface area contributed by atoms with E-state index in [0.717, 1.165) is 53.4 Å². The Morgan fingerprint density at radius 2 is 1.22 bits per heavy atom. The SMILES string of the molecule is NC([O-])=Nc1ccc(N=Nc2ccc(N=Nc3ccc(S(=O)(=O)[O-])cc3)cc2S(=O)(=O)O)c(Nc2nc(F)nc(N(CCS(=O)(=O)[O-])CCS(=O)(=O)[O-])n2)c1.[Na+].[Na+].[Na+].[Na+]. The van der Waals surface area contributed by atoms with Crippen molar-refractivity contribution >= 4 is 92.5 Å². The molecular formula is C26H22FN11Na4O13S4. The second kappa shape index (κ2) is 24.2. The van der Waals surface area contributed by atoms with Crippen molar-refractivity contribution in [2.75, 3.05) is 34.8 Å². The molecule has 0 spiro atoms. The van der Waals surface area contributed by atoms with Crippen LogP contribution < -0.4 is 139 Å². The van der Waals surface area contributed by atoms with Crippen molar-refractivity contribution in [2.24, 2.45) is 31.2 Å². The van der Waals surface area contributed by atoms with Gasteiger partial charge in [-0.05, 0) is 60.7 Å². The Morgan fingerprint density at radius 3 is 1.75 bits per heavy atom. The molecule has 0 radical (unpaired) electrons. The maximum atomic E-state index is 14.6. The van der Waals surface area contributed by atoms with Gasteiger partial charge in [-0.25, -0.2) is 30.2 Å². The minimum Gasteiger partial charge on any atom is -0.846 e. The molecule has 4 rings (SSSR count). The summed E-state index contributed by atoms with van der Waals surface area (Å²) in [7, 11) is -19.5. The van der Waals surface area contributed by atoms with E-state index in [-0.39, 0.29) is 147 Å². The van der Waals surface area contributed by atoms with Crippen molar-refractivity contribution in [3.05, 3.63) is 66.7 Å². The number of azo groups is 2. The number of nitrogens with two attached hydrogens (primary N) is 1. The molecule has 0 amide bonds. The van der Waals surface area contributed by atoms with Crippen LogP contribution >= 0.6 is 0 Å². The molecule has 59 heavy (non-hydrogen) atoms. The molecule has 1 heterocycles. The van der Waals surface area contributed by atoms with Gasteiger partial charge >= 0.3 is 124 Å². The van der Waals surface area contributed by atoms with Crippen LogP contribution in [0.5, 0.6) is 0 Å². The third kappa shape index (κ3) is 19.5. The molecule has 4 aromatic rings. The number of aromatic nitrogens is 3. The van der Waals surface area contributed by atoms with Gasteiger partial charge in [-0.15, -0.1) is 10.2 Å². The molecule has 0 atom stereocenters. The monoisotopic (exact) mass is 935 g/mol. The van der Waals surface area contributed by atoms with Gasteiger partial charge in [0.25, 0.3) is 10.1 Å². The Morgan fingerprint density at radius 1 is 0.712 bits per heavy atom. The molecule has 3 aromatic carbocycles. The molecule has 1 aromatic heterocycles. The number of hydrogen-bond acceptors (Lipinski definition) is 22. The number of anilines is 3. The zero-order chi connectivity index (χ0) is 40.8. The summed E-state index contributed by atoms with van der Waals surface area (Å²) in [6.07, 6.45) is -1.52. The molecule has 0 unspecified atom stereocenters. The minimum absolute atomic E-state index is 0. The molecule has 0 bridgehead atoms. The van der Waals surface area contributed by atoms with E-state index in [4.69, 9.17) is 5.73 Å². The van der Waals surface area contributed by atoms with Crippen LogP contribution in [0.15, 0.2) is 95.9 Å². The first kappa shape index (κ1) is 57.3. The summed E-state index contributed by atoms with van der Waals surface area (Å²) in [6, 6.07) is 9.69. The van der Waals surface area contributed by atoms with Crippen molar-refractivity contribution in [1.82, 2.24) is 15.0 Å². The topological polar surface area (TPSA) is 391 Å². The van der Waals surface area contributed by atoms with Crippen molar-refractivity contribution < 1.29 is 180 Å². The van der Waals surface area contributed by atoms with E-state index in [1.54, 1.807) is 0 Å². The zero-order valence-electron chi connectivity index (χ0n) is 31.1. The summed E-state index contributed by atoms with van der Waals surface area (Å²) < 4.78 is 150. The fourth-order valence-corrected chi connectivity index (χ4v) is 6.08. The standard InChI is InChI=1S/C26H26FN11O13S4.4Na/c27-23-31-25(33-26(32-23)38(9-11-52(40,41)42)10-12-53(43,44)45)30-21-13-16(29-24(28)39)3-7-19(21)36-37-20-8-4-17(14-22(20)55(49,50)51)35-34-15-1-5-18(6-2-15)54(46,47)48;;;;/h1-8,13-14H,9-12H2,(H3,28,29,39)(H,40,41,42)(H,43,44,45)(H,46,47,48)(H,49,50,51)(H,30,31,32,33);;;;/q;4*+1/p-4. The van der Waals surface area contributed by atoms with Gasteiger partial charge in [-0.1, -0.05) is 0 Å². The van der Waals surface area contributed by atoms with E-state index in [0.29, 0.717) is 0 Å². The summed E-state index contributed by atoms with van der Waals surface area (Å²) >= 11 is 0. The normalized spacial score (nSPS) is 12.2. The van der Waals surface area contributed by atoms with Crippen molar-refractivity contribution in [1.29, 1.82) is 0 Å². The molecule has 4 N–H and O–H groups in total. The molecule has 0 aliphatic carbocycles. The number of benzene rings is 3. The van der Waals surface area contributed by atoms with Gasteiger partial charge in [-0.3, -0.25) is 4.55 Å². The van der Waals surface area contributed by atoms with Crippen molar-refractivity contribution in [2.45, 2.75) is 9.79 Å². The minimum atomic E-state index is -5.02. The quantitative estimate of drug-likeness (QED) is 0.0309. The van der Waals surface area contributed by atoms with Gasteiger partial charge in [0.2, 0.25) is 11.9 Å². The number of halogens is 1. The molecule has 0 aliphatic rings. The number of nitrogens with one attached hydrogen (secondary N) is 1. The van der Waals surface area contributed by atoms with Crippen LogP contribution in [0, 0.1) is 6.08 Å². The first-order valence-corrected chi connectivity index (χ1v) is 20.4. The second-order valence-corrected chi connectivity index (χ2v) is 16.3. The van der Waals surface area contributed by atoms with Crippen molar-refractivity contribution in [3.8, 4) is 0 Å². The Bertz CT molecular complexity index is 2610. The summed E-state index contributed by atoms with van der Waals surface area (Å²) in [4.78, 5) is 13.6. The van der Waals surface area contributed by atoms with Gasteiger partial charge in [0.15, 0.2) is 0 Å². The number of nitrogens with zero attached hydrogens (tertiary/aromatic N) is 9. The third-order valence-electron chi connectivity index (χ3n) is 6.46. The van der Waals surface area contributed by atoms with Gasteiger partial charge in [0.1, 0.15) is 26.4 Å². The predicted molar refractivity (Wildman–Crippen MR) is 181 cm³/mol. The summed E-state index contributed by atoms with van der Waals surface area (Å²) in [6.45, 7) is -1.54. The summed E-state index contributed by atoms with van der Waals surface area (Å²) in [5.41, 5.74) is 4.02. The smallest absolute Gasteiger partial charge is 0.846 e. The molecule has 24 nitrogen and oxygen atoms in total. The van der Waals surface area contributed by atoms with Crippen LogP contribution in [0.4, 0.5) is 50.4 Å². The first-order chi connectivity index (χ1) is 25.4. The average molecular weight is 936 g/mol. The van der Waals surface area contributed by atoms with Crippen LogP contribution in [0.1, 0.15) is 0 Å². The van der Waals surface area contributed by atoms with Crippen LogP contribution in [0.3, 0.4) is 0 Å². The van der Waals surface area contributed by atoms with Gasteiger partial charge < -0.3 is 34.7 Å². The maximum absolute atomic E-state index is 14.6. The van der Waals surface area contributed by atoms with E-state index in [9.17, 15) is 61.4 Å². The molecule has 0 saturated carbocycles. The summed E-state index contributed by atoms with van der Waals surface area (Å²) in [5.74, 6) is -3.63. The number of amidine groups is 1. The van der Waals surface area contributed by atoms with Gasteiger partial charge in [-0.2, -0.15) is 38.0 Å². The number of rotatable bonds is 16. The molecular weight excluding hydrogens is 914 g/mol. The Labute approximate surface area is 424 Å². The van der Waals surface area contributed by atoms with Crippen LogP contribution in [0.2, 0.25) is 0 Å². The molecule has 0 aliphatic heterocycles. The zero-order valence-corrected chi connectivity index (χ0v) is 42.3. The van der Waals surface area contributed by atoms with Crippen LogP contribution in [0.25, 0.3) is 0 Å². The van der Waals surface area contributed by atoms with Crippen LogP contribution in [-0.2, 0) is 40.5 Å².